The van der Waals surface area contributed by atoms with Crippen molar-refractivity contribution in [2.45, 2.75) is 83.8 Å². The lowest BCUT2D eigenvalue weighted by molar-refractivity contribution is -0.384. The predicted octanol–water partition coefficient (Wildman–Crippen LogP) is 4.48. The van der Waals surface area contributed by atoms with Gasteiger partial charge < -0.3 is 19.4 Å². The Morgan fingerprint density at radius 3 is 2.48 bits per heavy atom. The first-order valence-corrected chi connectivity index (χ1v) is 13.5. The number of aromatic nitrogens is 1. The second kappa shape index (κ2) is 9.11. The molecule has 1 aliphatic rings. The van der Waals surface area contributed by atoms with Crippen LogP contribution in [0.4, 0.5) is 16.2 Å². The number of piperidine rings is 1. The van der Waals surface area contributed by atoms with Crippen molar-refractivity contribution in [1.82, 2.24) is 10.3 Å². The zero-order chi connectivity index (χ0) is 23.6. The lowest BCUT2D eigenvalue weighted by Crippen LogP contribution is -2.59. The van der Waals surface area contributed by atoms with Crippen LogP contribution in [0.3, 0.4) is 0 Å². The van der Waals surface area contributed by atoms with Gasteiger partial charge >= 0.3 is 11.8 Å². The van der Waals surface area contributed by atoms with Crippen molar-refractivity contribution in [3.05, 3.63) is 28.6 Å². The van der Waals surface area contributed by atoms with E-state index < -0.39 is 24.9 Å². The summed E-state index contributed by atoms with van der Waals surface area (Å²) in [6.07, 6.45) is 2.70. The number of alkyl carbamates (subject to hydrolysis) is 1. The molecular weight excluding hydrogens is 416 g/mol. The van der Waals surface area contributed by atoms with Gasteiger partial charge in [0.25, 0.3) is 0 Å². The van der Waals surface area contributed by atoms with Gasteiger partial charge in [-0.15, -0.1) is 0 Å². The number of anilines is 1. The minimum atomic E-state index is -2.09. The van der Waals surface area contributed by atoms with E-state index in [0.717, 1.165) is 0 Å². The highest BCUT2D eigenvalue weighted by molar-refractivity contribution is 6.74. The molecule has 1 aromatic heterocycles. The molecule has 0 radical (unpaired) electrons. The van der Waals surface area contributed by atoms with Gasteiger partial charge in [0.05, 0.1) is 17.1 Å². The second-order valence-corrected chi connectivity index (χ2v) is 15.3. The van der Waals surface area contributed by atoms with E-state index in [1.807, 2.05) is 25.7 Å². The second-order valence-electron chi connectivity index (χ2n) is 10.5. The summed E-state index contributed by atoms with van der Waals surface area (Å²) in [4.78, 5) is 29.4. The van der Waals surface area contributed by atoms with Gasteiger partial charge in [0.2, 0.25) is 0 Å². The van der Waals surface area contributed by atoms with Crippen LogP contribution in [0.25, 0.3) is 0 Å². The molecule has 2 heterocycles. The van der Waals surface area contributed by atoms with Crippen molar-refractivity contribution < 1.29 is 18.9 Å². The zero-order valence-corrected chi connectivity index (χ0v) is 20.9. The van der Waals surface area contributed by atoms with Crippen LogP contribution in [0, 0.1) is 10.1 Å². The van der Waals surface area contributed by atoms with Gasteiger partial charge in [-0.1, -0.05) is 20.8 Å². The van der Waals surface area contributed by atoms with Crippen LogP contribution in [0.5, 0.6) is 0 Å². The maximum Gasteiger partial charge on any atom is 0.408 e. The van der Waals surface area contributed by atoms with E-state index in [4.69, 9.17) is 9.16 Å². The van der Waals surface area contributed by atoms with Crippen LogP contribution in [0.2, 0.25) is 18.1 Å². The van der Waals surface area contributed by atoms with Crippen molar-refractivity contribution in [3.63, 3.8) is 0 Å². The summed E-state index contributed by atoms with van der Waals surface area (Å²) in [5, 5.41) is 14.4. The van der Waals surface area contributed by atoms with E-state index >= 15 is 0 Å². The first kappa shape index (κ1) is 25.1. The third-order valence-electron chi connectivity index (χ3n) is 5.82. The number of carbonyl (C=O) groups excluding carboxylic acids is 1. The van der Waals surface area contributed by atoms with E-state index in [1.54, 1.807) is 6.07 Å². The summed E-state index contributed by atoms with van der Waals surface area (Å²) in [6.45, 7) is 17.3. The number of ether oxygens (including phenoxy) is 1. The Hall–Kier alpha value is -2.20. The van der Waals surface area contributed by atoms with Crippen molar-refractivity contribution in [1.29, 1.82) is 0 Å². The van der Waals surface area contributed by atoms with Gasteiger partial charge in [-0.25, -0.2) is 4.79 Å². The standard InChI is InChI=1S/C21H36N4O5Si/c1-20(2,3)29-19(26)23-15-14-24(16-9-11-22-13-17(16)25(27)28)12-10-18(15)30-31(7,8)21(4,5)6/h9,11,13,15,18H,10,12,14H2,1-8H3,(H,23,26). The minimum absolute atomic E-state index is 0.0183. The Kier molecular flexibility index (Phi) is 7.37. The Morgan fingerprint density at radius 2 is 1.94 bits per heavy atom. The van der Waals surface area contributed by atoms with E-state index in [2.05, 4.69) is 44.2 Å². The molecule has 2 atom stereocenters. The summed E-state index contributed by atoms with van der Waals surface area (Å²) >= 11 is 0. The zero-order valence-electron chi connectivity index (χ0n) is 19.9. The number of amides is 1. The minimum Gasteiger partial charge on any atom is -0.444 e. The van der Waals surface area contributed by atoms with E-state index in [1.165, 1.54) is 12.4 Å². The maximum atomic E-state index is 12.5. The molecule has 1 saturated heterocycles. The summed E-state index contributed by atoms with van der Waals surface area (Å²) in [6, 6.07) is 1.27. The molecule has 2 unspecified atom stereocenters. The number of hydrogen-bond donors (Lipinski definition) is 1. The SMILES string of the molecule is CC(C)(C)OC(=O)NC1CN(c2ccncc2[N+](=O)[O-])CCC1O[Si](C)(C)C(C)(C)C. The van der Waals surface area contributed by atoms with Gasteiger partial charge in [0, 0.05) is 19.3 Å². The first-order chi connectivity index (χ1) is 14.1. The number of hydrogen-bond acceptors (Lipinski definition) is 7. The fourth-order valence-corrected chi connectivity index (χ4v) is 4.62. The average molecular weight is 453 g/mol. The molecular formula is C21H36N4O5Si. The van der Waals surface area contributed by atoms with Crippen LogP contribution >= 0.6 is 0 Å². The largest absolute Gasteiger partial charge is 0.444 e. The van der Waals surface area contributed by atoms with Crippen LogP contribution in [-0.2, 0) is 9.16 Å². The van der Waals surface area contributed by atoms with Gasteiger partial charge in [0.15, 0.2) is 8.32 Å². The Balaban J connectivity index is 2.28. The monoisotopic (exact) mass is 452 g/mol. The number of carbonyl (C=O) groups is 1. The molecule has 0 aromatic carbocycles. The average Bonchev–Trinajstić information content (AvgIpc) is 2.60. The van der Waals surface area contributed by atoms with E-state index in [9.17, 15) is 14.9 Å². The van der Waals surface area contributed by atoms with Crippen LogP contribution < -0.4 is 10.2 Å². The van der Waals surface area contributed by atoms with Crippen molar-refractivity contribution >= 4 is 25.8 Å². The third kappa shape index (κ3) is 6.64. The molecule has 1 fully saturated rings. The third-order valence-corrected chi connectivity index (χ3v) is 10.3. The highest BCUT2D eigenvalue weighted by Gasteiger charge is 2.43. The molecule has 1 N–H and O–H groups in total. The Labute approximate surface area is 185 Å². The molecule has 1 amide bonds. The number of nitro groups is 1. The Bertz CT molecular complexity index is 804. The normalized spacial score (nSPS) is 20.3. The number of rotatable bonds is 5. The molecule has 10 heteroatoms. The fraction of sp³-hybridized carbons (Fsp3) is 0.714. The number of pyridine rings is 1. The fourth-order valence-electron chi connectivity index (χ4n) is 3.23. The smallest absolute Gasteiger partial charge is 0.408 e. The lowest BCUT2D eigenvalue weighted by atomic mass is 10.0. The van der Waals surface area contributed by atoms with Gasteiger partial charge in [-0.3, -0.25) is 15.1 Å². The molecule has 0 spiro atoms. The highest BCUT2D eigenvalue weighted by atomic mass is 28.4. The van der Waals surface area contributed by atoms with Crippen LogP contribution in [0.15, 0.2) is 18.5 Å². The van der Waals surface area contributed by atoms with Gasteiger partial charge in [-0.2, -0.15) is 0 Å². The van der Waals surface area contributed by atoms with Crippen molar-refractivity contribution in [2.24, 2.45) is 0 Å². The first-order valence-electron chi connectivity index (χ1n) is 10.6. The van der Waals surface area contributed by atoms with Gasteiger partial charge in [0.1, 0.15) is 17.5 Å². The molecule has 9 nitrogen and oxygen atoms in total. The predicted molar refractivity (Wildman–Crippen MR) is 123 cm³/mol. The molecule has 0 bridgehead atoms. The quantitative estimate of drug-likeness (QED) is 0.398. The Morgan fingerprint density at radius 1 is 1.29 bits per heavy atom. The van der Waals surface area contributed by atoms with Gasteiger partial charge in [-0.05, 0) is 51.4 Å². The van der Waals surface area contributed by atoms with Crippen LogP contribution in [-0.4, -0.2) is 55.2 Å². The summed E-state index contributed by atoms with van der Waals surface area (Å²) < 4.78 is 12.1. The van der Waals surface area contributed by atoms with Crippen LogP contribution in [0.1, 0.15) is 48.0 Å². The molecule has 2 rings (SSSR count). The number of nitrogens with one attached hydrogen (secondary N) is 1. The highest BCUT2D eigenvalue weighted by Crippen LogP contribution is 2.39. The molecule has 1 aromatic rings. The summed E-state index contributed by atoms with van der Waals surface area (Å²) in [5.41, 5.74) is -0.193. The molecule has 0 saturated carbocycles. The van der Waals surface area contributed by atoms with E-state index in [0.29, 0.717) is 25.2 Å². The summed E-state index contributed by atoms with van der Waals surface area (Å²) in [7, 11) is -2.09. The summed E-state index contributed by atoms with van der Waals surface area (Å²) in [5.74, 6) is 0. The van der Waals surface area contributed by atoms with Crippen molar-refractivity contribution in [3.8, 4) is 0 Å². The molecule has 0 aliphatic carbocycles. The maximum absolute atomic E-state index is 12.5. The van der Waals surface area contributed by atoms with Crippen molar-refractivity contribution in [2.75, 3.05) is 18.0 Å². The van der Waals surface area contributed by atoms with E-state index in [-0.39, 0.29) is 22.9 Å². The lowest BCUT2D eigenvalue weighted by Gasteiger charge is -2.45. The topological polar surface area (TPSA) is 107 Å². The molecule has 1 aliphatic heterocycles. The number of nitrogens with zero attached hydrogens (tertiary/aromatic N) is 3. The molecule has 31 heavy (non-hydrogen) atoms. The molecule has 174 valence electrons.